The highest BCUT2D eigenvalue weighted by Crippen LogP contribution is 2.20. The molecule has 1 amide bonds. The predicted molar refractivity (Wildman–Crippen MR) is 402 cm³/mol. The van der Waals surface area contributed by atoms with E-state index in [2.05, 4.69) is 67.8 Å². The van der Waals surface area contributed by atoms with Crippen LogP contribution in [0.4, 0.5) is 0 Å². The Morgan fingerprint density at radius 1 is 0.308 bits per heavy atom. The summed E-state index contributed by atoms with van der Waals surface area (Å²) in [7, 11) is 0. The highest BCUT2D eigenvalue weighted by atomic mass is 16.5. The van der Waals surface area contributed by atoms with Crippen molar-refractivity contribution in [3.05, 3.63) is 48.6 Å². The Balaban J connectivity index is 3.36. The maximum atomic E-state index is 12.6. The van der Waals surface area contributed by atoms with Crippen LogP contribution in [0.25, 0.3) is 0 Å². The third-order valence-corrected chi connectivity index (χ3v) is 19.4. The number of hydrogen-bond acceptors (Lipinski definition) is 5. The second-order valence-electron chi connectivity index (χ2n) is 28.5. The molecule has 0 spiro atoms. The minimum atomic E-state index is -0.664. The molecule has 0 aliphatic heterocycles. The molecule has 0 aromatic carbocycles. The molecule has 6 nitrogen and oxygen atoms in total. The lowest BCUT2D eigenvalue weighted by Crippen LogP contribution is -2.45. The monoisotopic (exact) mass is 1280 g/mol. The normalized spacial score (nSPS) is 12.7. The number of nitrogens with one attached hydrogen (secondary N) is 1. The Kier molecular flexibility index (Phi) is 78.3. The van der Waals surface area contributed by atoms with E-state index in [1.54, 1.807) is 0 Å². The van der Waals surface area contributed by atoms with Crippen molar-refractivity contribution in [1.82, 2.24) is 5.32 Å². The van der Waals surface area contributed by atoms with Crippen LogP contribution in [0.5, 0.6) is 0 Å². The minimum absolute atomic E-state index is 0.0120. The molecule has 536 valence electrons. The van der Waals surface area contributed by atoms with E-state index in [0.717, 1.165) is 57.8 Å². The van der Waals surface area contributed by atoms with Crippen molar-refractivity contribution in [3.63, 3.8) is 0 Å². The summed E-state index contributed by atoms with van der Waals surface area (Å²) in [5.41, 5.74) is 0. The third-order valence-electron chi connectivity index (χ3n) is 19.4. The van der Waals surface area contributed by atoms with Gasteiger partial charge in [-0.05, 0) is 89.9 Å². The summed E-state index contributed by atoms with van der Waals surface area (Å²) in [6.07, 6.45) is 106. The van der Waals surface area contributed by atoms with E-state index >= 15 is 0 Å². The lowest BCUT2D eigenvalue weighted by Gasteiger charge is -2.22. The fourth-order valence-corrected chi connectivity index (χ4v) is 13.1. The van der Waals surface area contributed by atoms with E-state index in [1.165, 1.54) is 366 Å². The number of carbonyl (C=O) groups is 2. The van der Waals surface area contributed by atoms with Crippen LogP contribution in [0, 0.1) is 0 Å². The topological polar surface area (TPSA) is 95.9 Å². The molecular weight excluding hydrogens is 1110 g/mol. The summed E-state index contributed by atoms with van der Waals surface area (Å²) >= 11 is 0. The van der Waals surface area contributed by atoms with Crippen molar-refractivity contribution >= 4 is 11.9 Å². The maximum absolute atomic E-state index is 12.6. The molecule has 91 heavy (non-hydrogen) atoms. The standard InChI is InChI=1S/C85H161NO5/c1-3-5-7-9-11-13-15-17-19-21-42-45-49-53-57-61-65-69-73-77-83(88)82(81-87)86-84(89)78-74-70-66-62-58-54-50-46-43-40-38-36-34-32-30-28-26-24-23-25-27-29-31-33-35-37-39-41-44-48-52-56-60-64-68-72-76-80-91-85(90)79-75-71-67-63-59-55-51-47-22-20-18-16-14-12-10-8-6-4-2/h14,16,20,22-23,25,29,31,82-83,87-88H,3-13,15,17-19,21,24,26-28,30,32-81H2,1-2H3,(H,86,89)/b16-14-,22-20-,25-23-,31-29-. The van der Waals surface area contributed by atoms with Gasteiger partial charge in [-0.1, -0.05) is 403 Å². The first-order valence-electron chi connectivity index (χ1n) is 41.4. The molecular formula is C85H161NO5. The zero-order chi connectivity index (χ0) is 65.6. The van der Waals surface area contributed by atoms with Gasteiger partial charge in [0.15, 0.2) is 0 Å². The number of carbonyl (C=O) groups excluding carboxylic acids is 2. The van der Waals surface area contributed by atoms with Gasteiger partial charge in [-0.25, -0.2) is 0 Å². The molecule has 2 atom stereocenters. The van der Waals surface area contributed by atoms with Gasteiger partial charge in [0.2, 0.25) is 5.91 Å². The van der Waals surface area contributed by atoms with Crippen molar-refractivity contribution < 1.29 is 24.5 Å². The highest BCUT2D eigenvalue weighted by Gasteiger charge is 2.20. The van der Waals surface area contributed by atoms with Gasteiger partial charge in [0.05, 0.1) is 25.4 Å². The second kappa shape index (κ2) is 80.3. The Hall–Kier alpha value is -2.18. The number of amides is 1. The van der Waals surface area contributed by atoms with E-state index in [1.807, 2.05) is 0 Å². The van der Waals surface area contributed by atoms with Gasteiger partial charge in [0, 0.05) is 12.8 Å². The largest absolute Gasteiger partial charge is 0.466 e. The van der Waals surface area contributed by atoms with Gasteiger partial charge in [0.1, 0.15) is 0 Å². The van der Waals surface area contributed by atoms with Crippen LogP contribution < -0.4 is 5.32 Å². The quantitative estimate of drug-likeness (QED) is 0.0320. The van der Waals surface area contributed by atoms with Gasteiger partial charge >= 0.3 is 5.97 Å². The molecule has 0 aliphatic carbocycles. The van der Waals surface area contributed by atoms with E-state index < -0.39 is 12.1 Å². The number of ether oxygens (including phenoxy) is 1. The maximum Gasteiger partial charge on any atom is 0.305 e. The van der Waals surface area contributed by atoms with E-state index in [4.69, 9.17) is 4.74 Å². The van der Waals surface area contributed by atoms with E-state index in [-0.39, 0.29) is 18.5 Å². The Labute approximate surface area is 569 Å². The Bertz CT molecular complexity index is 1520. The van der Waals surface area contributed by atoms with Crippen molar-refractivity contribution in [2.45, 2.75) is 469 Å². The first-order chi connectivity index (χ1) is 45.0. The lowest BCUT2D eigenvalue weighted by atomic mass is 10.0. The zero-order valence-electron chi connectivity index (χ0n) is 61.6. The van der Waals surface area contributed by atoms with Crippen LogP contribution in [-0.2, 0) is 14.3 Å². The van der Waals surface area contributed by atoms with Gasteiger partial charge in [0.25, 0.3) is 0 Å². The zero-order valence-corrected chi connectivity index (χ0v) is 61.6. The van der Waals surface area contributed by atoms with Crippen molar-refractivity contribution in [2.75, 3.05) is 13.2 Å². The molecule has 0 saturated carbocycles. The van der Waals surface area contributed by atoms with Crippen molar-refractivity contribution in [3.8, 4) is 0 Å². The van der Waals surface area contributed by atoms with Gasteiger partial charge in [-0.2, -0.15) is 0 Å². The first kappa shape index (κ1) is 88.8. The average Bonchev–Trinajstić information content (AvgIpc) is 3.65. The van der Waals surface area contributed by atoms with E-state index in [0.29, 0.717) is 25.9 Å². The fraction of sp³-hybridized carbons (Fsp3) is 0.882. The van der Waals surface area contributed by atoms with Crippen LogP contribution in [0.1, 0.15) is 457 Å². The molecule has 6 heteroatoms. The average molecular weight is 1280 g/mol. The molecule has 0 fully saturated rings. The summed E-state index contributed by atoms with van der Waals surface area (Å²) in [5, 5.41) is 23.4. The summed E-state index contributed by atoms with van der Waals surface area (Å²) < 4.78 is 5.51. The molecule has 0 aromatic rings. The van der Waals surface area contributed by atoms with Crippen molar-refractivity contribution in [1.29, 1.82) is 0 Å². The first-order valence-corrected chi connectivity index (χ1v) is 41.4. The number of allylic oxidation sites excluding steroid dienone is 8. The van der Waals surface area contributed by atoms with Crippen LogP contribution in [0.3, 0.4) is 0 Å². The van der Waals surface area contributed by atoms with Crippen LogP contribution in [0.2, 0.25) is 0 Å². The Morgan fingerprint density at radius 2 is 0.549 bits per heavy atom. The molecule has 0 aromatic heterocycles. The van der Waals surface area contributed by atoms with Gasteiger partial charge in [-0.15, -0.1) is 0 Å². The smallest absolute Gasteiger partial charge is 0.305 e. The summed E-state index contributed by atoms with van der Waals surface area (Å²) in [4.78, 5) is 24.7. The number of esters is 1. The number of aliphatic hydroxyl groups is 2. The fourth-order valence-electron chi connectivity index (χ4n) is 13.1. The summed E-state index contributed by atoms with van der Waals surface area (Å²) in [6, 6.07) is -0.541. The van der Waals surface area contributed by atoms with Crippen molar-refractivity contribution in [2.24, 2.45) is 0 Å². The number of hydrogen-bond donors (Lipinski definition) is 3. The summed E-state index contributed by atoms with van der Waals surface area (Å²) in [6.45, 7) is 4.98. The highest BCUT2D eigenvalue weighted by molar-refractivity contribution is 5.76. The van der Waals surface area contributed by atoms with Gasteiger partial charge < -0.3 is 20.3 Å². The molecule has 3 N–H and O–H groups in total. The van der Waals surface area contributed by atoms with Crippen LogP contribution >= 0.6 is 0 Å². The predicted octanol–water partition coefficient (Wildman–Crippen LogP) is 27.5. The van der Waals surface area contributed by atoms with Crippen LogP contribution in [0.15, 0.2) is 48.6 Å². The molecule has 0 radical (unpaired) electrons. The van der Waals surface area contributed by atoms with Crippen LogP contribution in [-0.4, -0.2) is 47.4 Å². The molecule has 0 bridgehead atoms. The second-order valence-corrected chi connectivity index (χ2v) is 28.5. The third kappa shape index (κ3) is 76.7. The SMILES string of the molecule is CCCCCC/C=C\C/C=C\CCCCCCCCCC(=O)OCCCCCCCCCCCCCCC/C=C\C/C=C\CCCCCCCCCCCCCCCCCCCC(=O)NC(CO)C(O)CCCCCCCCCCCCCCCCCCCCC. The number of aliphatic hydroxyl groups excluding tert-OH is 2. The van der Waals surface area contributed by atoms with E-state index in [9.17, 15) is 19.8 Å². The molecule has 0 aliphatic rings. The Morgan fingerprint density at radius 3 is 0.846 bits per heavy atom. The lowest BCUT2D eigenvalue weighted by molar-refractivity contribution is -0.143. The molecule has 0 rings (SSSR count). The molecule has 2 unspecified atom stereocenters. The molecule has 0 saturated heterocycles. The summed E-state index contributed by atoms with van der Waals surface area (Å²) in [5.74, 6) is -0.0159. The number of rotatable bonds is 78. The minimum Gasteiger partial charge on any atom is -0.466 e. The molecule has 0 heterocycles. The van der Waals surface area contributed by atoms with Gasteiger partial charge in [-0.3, -0.25) is 9.59 Å². The number of unbranched alkanes of at least 4 members (excludes halogenated alkanes) is 59.